The number of hydrogen-bond donors (Lipinski definition) is 0. The van der Waals surface area contributed by atoms with Crippen molar-refractivity contribution in [3.8, 4) is 0 Å². The first-order chi connectivity index (χ1) is 10.3. The highest BCUT2D eigenvalue weighted by molar-refractivity contribution is 5.78. The fraction of sp³-hybridized carbons (Fsp3) is 0.895. The fourth-order valence-corrected chi connectivity index (χ4v) is 3.79. The van der Waals surface area contributed by atoms with Crippen LogP contribution in [0.1, 0.15) is 74.1 Å². The number of rotatable bonds is 3. The predicted octanol–water partition coefficient (Wildman–Crippen LogP) is 4.11. The average molecular weight is 324 g/mol. The van der Waals surface area contributed by atoms with Crippen LogP contribution >= 0.6 is 0 Å². The quantitative estimate of drug-likeness (QED) is 0.733. The monoisotopic (exact) mass is 324 g/mol. The summed E-state index contributed by atoms with van der Waals surface area (Å²) in [4.78, 5) is 24.7. The molecular weight excluding hydrogens is 292 g/mol. The first kappa shape index (κ1) is 18.3. The summed E-state index contributed by atoms with van der Waals surface area (Å²) in [5.41, 5.74) is -0.760. The molecule has 0 aromatic heterocycles. The van der Waals surface area contributed by atoms with Gasteiger partial charge in [-0.25, -0.2) is 0 Å². The third-order valence-corrected chi connectivity index (χ3v) is 5.58. The molecule has 4 nitrogen and oxygen atoms in total. The van der Waals surface area contributed by atoms with Crippen LogP contribution < -0.4 is 0 Å². The summed E-state index contributed by atoms with van der Waals surface area (Å²) in [5.74, 6) is -0.272. The van der Waals surface area contributed by atoms with Crippen LogP contribution in [0.4, 0.5) is 0 Å². The molecule has 1 aliphatic carbocycles. The standard InChI is InChI=1S/C19H32O4/c1-17(2,3)11-19(7,18(4,5)6)16(21)23-13-9-8-12-10-14(13)22-15(12)20/h12-14H,8-11H2,1-7H3/t12?,13?,14-,19?/m1/s1. The van der Waals surface area contributed by atoms with E-state index in [1.807, 2.05) is 6.92 Å². The molecule has 4 atom stereocenters. The van der Waals surface area contributed by atoms with E-state index in [0.717, 1.165) is 19.3 Å². The fourth-order valence-electron chi connectivity index (χ4n) is 3.79. The van der Waals surface area contributed by atoms with Crippen molar-refractivity contribution in [2.45, 2.75) is 86.4 Å². The normalized spacial score (nSPS) is 30.6. The molecule has 1 heterocycles. The molecule has 1 saturated carbocycles. The van der Waals surface area contributed by atoms with Gasteiger partial charge in [-0.05, 0) is 37.0 Å². The lowest BCUT2D eigenvalue weighted by atomic mass is 9.61. The molecule has 4 heteroatoms. The van der Waals surface area contributed by atoms with E-state index < -0.39 is 5.41 Å². The van der Waals surface area contributed by atoms with Gasteiger partial charge in [-0.3, -0.25) is 9.59 Å². The molecule has 2 aliphatic rings. The zero-order chi connectivity index (χ0) is 17.6. The zero-order valence-corrected chi connectivity index (χ0v) is 15.7. The molecule has 0 amide bonds. The Morgan fingerprint density at radius 1 is 1.13 bits per heavy atom. The Morgan fingerprint density at radius 3 is 2.26 bits per heavy atom. The number of carbonyl (C=O) groups is 2. The summed E-state index contributed by atoms with van der Waals surface area (Å²) in [6.07, 6.45) is 2.40. The molecule has 23 heavy (non-hydrogen) atoms. The Morgan fingerprint density at radius 2 is 1.74 bits per heavy atom. The van der Waals surface area contributed by atoms with E-state index >= 15 is 0 Å². The maximum Gasteiger partial charge on any atom is 0.312 e. The van der Waals surface area contributed by atoms with Crippen LogP contribution in [-0.4, -0.2) is 24.1 Å². The van der Waals surface area contributed by atoms with Gasteiger partial charge in [0.25, 0.3) is 0 Å². The topological polar surface area (TPSA) is 52.6 Å². The van der Waals surface area contributed by atoms with Gasteiger partial charge in [0.1, 0.15) is 12.2 Å². The molecule has 0 aromatic rings. The van der Waals surface area contributed by atoms with Gasteiger partial charge in [0, 0.05) is 6.42 Å². The number of ether oxygens (including phenoxy) is 2. The van der Waals surface area contributed by atoms with Crippen LogP contribution in [-0.2, 0) is 19.1 Å². The maximum absolute atomic E-state index is 13.1. The molecule has 0 aromatic carbocycles. The predicted molar refractivity (Wildman–Crippen MR) is 88.7 cm³/mol. The molecule has 2 rings (SSSR count). The minimum atomic E-state index is -0.579. The van der Waals surface area contributed by atoms with E-state index in [4.69, 9.17) is 9.47 Å². The Hall–Kier alpha value is -1.06. The number of hydrogen-bond acceptors (Lipinski definition) is 4. The van der Waals surface area contributed by atoms with Crippen molar-refractivity contribution in [2.75, 3.05) is 0 Å². The Bertz CT molecular complexity index is 483. The van der Waals surface area contributed by atoms with Gasteiger partial charge in [0.2, 0.25) is 0 Å². The Balaban J connectivity index is 2.14. The Labute approximate surface area is 140 Å². The first-order valence-electron chi connectivity index (χ1n) is 8.75. The summed E-state index contributed by atoms with van der Waals surface area (Å²) >= 11 is 0. The second-order valence-corrected chi connectivity index (χ2v) is 9.75. The minimum absolute atomic E-state index is 0.0125. The van der Waals surface area contributed by atoms with Crippen molar-refractivity contribution in [1.29, 1.82) is 0 Å². The molecule has 0 N–H and O–H groups in total. The number of esters is 2. The van der Waals surface area contributed by atoms with E-state index in [9.17, 15) is 9.59 Å². The van der Waals surface area contributed by atoms with Crippen molar-refractivity contribution in [2.24, 2.45) is 22.2 Å². The lowest BCUT2D eigenvalue weighted by molar-refractivity contribution is -0.178. The van der Waals surface area contributed by atoms with Crippen molar-refractivity contribution in [3.05, 3.63) is 0 Å². The lowest BCUT2D eigenvalue weighted by Crippen LogP contribution is -2.47. The van der Waals surface area contributed by atoms with Gasteiger partial charge in [-0.15, -0.1) is 0 Å². The van der Waals surface area contributed by atoms with Gasteiger partial charge in [0.15, 0.2) is 0 Å². The Kier molecular flexibility index (Phi) is 4.60. The molecule has 2 fully saturated rings. The smallest absolute Gasteiger partial charge is 0.312 e. The molecule has 0 spiro atoms. The summed E-state index contributed by atoms with van der Waals surface area (Å²) in [6.45, 7) is 14.7. The molecule has 2 bridgehead atoms. The van der Waals surface area contributed by atoms with Crippen molar-refractivity contribution in [1.82, 2.24) is 0 Å². The van der Waals surface area contributed by atoms with E-state index in [1.165, 1.54) is 0 Å². The van der Waals surface area contributed by atoms with Gasteiger partial charge in [-0.1, -0.05) is 41.5 Å². The molecule has 0 radical (unpaired) electrons. The molecule has 1 aliphatic heterocycles. The molecule has 1 saturated heterocycles. The summed E-state index contributed by atoms with van der Waals surface area (Å²) < 4.78 is 11.3. The second-order valence-electron chi connectivity index (χ2n) is 9.75. The van der Waals surface area contributed by atoms with Crippen LogP contribution in [0.3, 0.4) is 0 Å². The third-order valence-electron chi connectivity index (χ3n) is 5.58. The van der Waals surface area contributed by atoms with Crippen LogP contribution in [0.15, 0.2) is 0 Å². The summed E-state index contributed by atoms with van der Waals surface area (Å²) in [5, 5.41) is 0. The van der Waals surface area contributed by atoms with Crippen molar-refractivity contribution >= 4 is 11.9 Å². The van der Waals surface area contributed by atoms with Gasteiger partial charge >= 0.3 is 11.9 Å². The van der Waals surface area contributed by atoms with Crippen LogP contribution in [0.5, 0.6) is 0 Å². The van der Waals surface area contributed by atoms with E-state index in [1.54, 1.807) is 0 Å². The van der Waals surface area contributed by atoms with Gasteiger partial charge < -0.3 is 9.47 Å². The SMILES string of the molecule is CC(C)(C)CC(C)(C(=O)OC1CCC2C[C@H]1OC2=O)C(C)(C)C. The highest BCUT2D eigenvalue weighted by Gasteiger charge is 2.51. The minimum Gasteiger partial charge on any atom is -0.458 e. The van der Waals surface area contributed by atoms with E-state index in [0.29, 0.717) is 6.42 Å². The second kappa shape index (κ2) is 5.78. The van der Waals surface area contributed by atoms with Gasteiger partial charge in [0.05, 0.1) is 11.3 Å². The number of carbonyl (C=O) groups excluding carboxylic acids is 2. The summed E-state index contributed by atoms with van der Waals surface area (Å²) in [7, 11) is 0. The average Bonchev–Trinajstić information content (AvgIpc) is 2.65. The highest BCUT2D eigenvalue weighted by Crippen LogP contribution is 2.48. The zero-order valence-electron chi connectivity index (χ0n) is 15.7. The largest absolute Gasteiger partial charge is 0.458 e. The maximum atomic E-state index is 13.1. The molecular formula is C19H32O4. The van der Waals surface area contributed by atoms with Crippen molar-refractivity contribution in [3.63, 3.8) is 0 Å². The number of fused-ring (bicyclic) bond motifs is 2. The van der Waals surface area contributed by atoms with Crippen LogP contribution in [0, 0.1) is 22.2 Å². The van der Waals surface area contributed by atoms with Crippen LogP contribution in [0.25, 0.3) is 0 Å². The van der Waals surface area contributed by atoms with Gasteiger partial charge in [-0.2, -0.15) is 0 Å². The van der Waals surface area contributed by atoms with Crippen LogP contribution in [0.2, 0.25) is 0 Å². The third kappa shape index (κ3) is 3.72. The summed E-state index contributed by atoms with van der Waals surface area (Å²) in [6, 6.07) is 0. The highest BCUT2D eigenvalue weighted by atomic mass is 16.6. The molecule has 132 valence electrons. The van der Waals surface area contributed by atoms with E-state index in [-0.39, 0.29) is 40.9 Å². The molecule has 3 unspecified atom stereocenters. The lowest BCUT2D eigenvalue weighted by Gasteiger charge is -2.44. The van der Waals surface area contributed by atoms with Crippen molar-refractivity contribution < 1.29 is 19.1 Å². The van der Waals surface area contributed by atoms with E-state index in [2.05, 4.69) is 41.5 Å². The first-order valence-corrected chi connectivity index (χ1v) is 8.75.